The summed E-state index contributed by atoms with van der Waals surface area (Å²) in [5.41, 5.74) is 0.0746. The Morgan fingerprint density at radius 3 is 2.40 bits per heavy atom. The molecule has 0 radical (unpaired) electrons. The number of aliphatic carboxylic acids is 1. The number of nitro groups is 1. The Labute approximate surface area is 149 Å². The van der Waals surface area contributed by atoms with Crippen LogP contribution in [0, 0.1) is 10.1 Å². The molecule has 9 heteroatoms. The molecule has 1 N–H and O–H groups in total. The number of hydrogen-bond donors (Lipinski definition) is 1. The third kappa shape index (κ3) is 2.98. The van der Waals surface area contributed by atoms with Gasteiger partial charge in [0.25, 0.3) is 17.5 Å². The molecule has 2 aromatic carbocycles. The molecule has 0 unspecified atom stereocenters. The first-order chi connectivity index (χ1) is 11.8. The normalized spacial score (nSPS) is 13.4. The van der Waals surface area contributed by atoms with Crippen molar-refractivity contribution in [3.05, 3.63) is 50.0 Å². The predicted octanol–water partition coefficient (Wildman–Crippen LogP) is 2.97. The second-order valence-corrected chi connectivity index (χ2v) is 6.48. The number of carbonyl (C=O) groups is 3. The van der Waals surface area contributed by atoms with E-state index in [0.717, 1.165) is 11.0 Å². The number of nitrogens with zero attached hydrogens (tertiary/aromatic N) is 2. The molecule has 0 atom stereocenters. The molecule has 1 heterocycles. The highest BCUT2D eigenvalue weighted by Crippen LogP contribution is 2.35. The number of rotatable bonds is 5. The molecule has 0 saturated carbocycles. The van der Waals surface area contributed by atoms with E-state index in [0.29, 0.717) is 15.2 Å². The van der Waals surface area contributed by atoms with Gasteiger partial charge in [0.15, 0.2) is 0 Å². The number of hydrogen-bond acceptors (Lipinski definition) is 5. The Balaban J connectivity index is 2.15. The van der Waals surface area contributed by atoms with E-state index >= 15 is 0 Å². The fourth-order valence-corrected chi connectivity index (χ4v) is 3.36. The van der Waals surface area contributed by atoms with E-state index in [4.69, 9.17) is 5.11 Å². The molecule has 25 heavy (non-hydrogen) atoms. The van der Waals surface area contributed by atoms with Gasteiger partial charge in [-0.3, -0.25) is 29.4 Å². The molecule has 1 aliphatic heterocycles. The van der Waals surface area contributed by atoms with E-state index in [1.807, 2.05) is 0 Å². The van der Waals surface area contributed by atoms with Crippen LogP contribution in [0.5, 0.6) is 0 Å². The van der Waals surface area contributed by atoms with Crippen LogP contribution in [0.4, 0.5) is 5.69 Å². The lowest BCUT2D eigenvalue weighted by atomic mass is 9.93. The summed E-state index contributed by atoms with van der Waals surface area (Å²) in [7, 11) is 0. The Bertz CT molecular complexity index is 955. The summed E-state index contributed by atoms with van der Waals surface area (Å²) in [6.07, 6.45) is -0.0824. The van der Waals surface area contributed by atoms with E-state index < -0.39 is 22.7 Å². The van der Waals surface area contributed by atoms with Gasteiger partial charge in [-0.25, -0.2) is 0 Å². The molecule has 0 bridgehead atoms. The molecule has 0 saturated heterocycles. The third-order valence-electron chi connectivity index (χ3n) is 3.93. The predicted molar refractivity (Wildman–Crippen MR) is 90.5 cm³/mol. The number of carbonyl (C=O) groups excluding carboxylic acids is 2. The van der Waals surface area contributed by atoms with Crippen LogP contribution in [0.2, 0.25) is 0 Å². The molecular weight excluding hydrogens is 396 g/mol. The SMILES string of the molecule is O=C(O)CCCN1C(=O)c2cc(Br)cc3cc([N+](=O)[O-])cc(c23)C1=O. The topological polar surface area (TPSA) is 118 Å². The van der Waals surface area contributed by atoms with Crippen molar-refractivity contribution in [1.82, 2.24) is 4.90 Å². The number of nitro benzene ring substituents is 1. The van der Waals surface area contributed by atoms with Crippen LogP contribution in [0.1, 0.15) is 33.6 Å². The van der Waals surface area contributed by atoms with Gasteiger partial charge >= 0.3 is 5.97 Å². The van der Waals surface area contributed by atoms with Crippen molar-refractivity contribution in [3.63, 3.8) is 0 Å². The lowest BCUT2D eigenvalue weighted by Crippen LogP contribution is -2.41. The second-order valence-electron chi connectivity index (χ2n) is 5.56. The first-order valence-electron chi connectivity index (χ1n) is 7.29. The standard InChI is InChI=1S/C16H11BrN2O6/c17-9-4-8-5-10(19(24)25)7-12-14(8)11(6-9)15(22)18(16(12)23)3-1-2-13(20)21/h4-7H,1-3H2,(H,20,21). The summed E-state index contributed by atoms with van der Waals surface area (Å²) in [6, 6.07) is 5.62. The molecule has 8 nitrogen and oxygen atoms in total. The van der Waals surface area contributed by atoms with Gasteiger partial charge in [-0.05, 0) is 23.9 Å². The first-order valence-corrected chi connectivity index (χ1v) is 8.08. The fourth-order valence-electron chi connectivity index (χ4n) is 2.88. The van der Waals surface area contributed by atoms with Gasteiger partial charge in [-0.2, -0.15) is 0 Å². The van der Waals surface area contributed by atoms with Gasteiger partial charge in [0.1, 0.15) is 0 Å². The largest absolute Gasteiger partial charge is 0.481 e. The Hall–Kier alpha value is -2.81. The molecule has 0 spiro atoms. The zero-order valence-electron chi connectivity index (χ0n) is 12.7. The Morgan fingerprint density at radius 2 is 1.80 bits per heavy atom. The van der Waals surface area contributed by atoms with Gasteiger partial charge < -0.3 is 5.11 Å². The van der Waals surface area contributed by atoms with Crippen molar-refractivity contribution in [2.45, 2.75) is 12.8 Å². The summed E-state index contributed by atoms with van der Waals surface area (Å²) in [5, 5.41) is 20.6. The highest BCUT2D eigenvalue weighted by Gasteiger charge is 2.34. The third-order valence-corrected chi connectivity index (χ3v) is 4.39. The highest BCUT2D eigenvalue weighted by molar-refractivity contribution is 9.10. The van der Waals surface area contributed by atoms with Crippen LogP contribution in [0.25, 0.3) is 10.8 Å². The number of benzene rings is 2. The summed E-state index contributed by atoms with van der Waals surface area (Å²) >= 11 is 3.27. The molecule has 3 rings (SSSR count). The monoisotopic (exact) mass is 406 g/mol. The maximum atomic E-state index is 12.7. The summed E-state index contributed by atoms with van der Waals surface area (Å²) in [4.78, 5) is 47.5. The van der Waals surface area contributed by atoms with Crippen molar-refractivity contribution < 1.29 is 24.4 Å². The minimum atomic E-state index is -1.03. The molecule has 2 amide bonds. The van der Waals surface area contributed by atoms with Crippen LogP contribution in [0.15, 0.2) is 28.7 Å². The number of carboxylic acids is 1. The Morgan fingerprint density at radius 1 is 1.16 bits per heavy atom. The van der Waals surface area contributed by atoms with Crippen LogP contribution >= 0.6 is 15.9 Å². The summed E-state index contributed by atoms with van der Waals surface area (Å²) in [6.45, 7) is -0.0693. The molecule has 0 aromatic heterocycles. The molecule has 1 aliphatic rings. The van der Waals surface area contributed by atoms with Gasteiger partial charge in [-0.1, -0.05) is 15.9 Å². The number of halogens is 1. The van der Waals surface area contributed by atoms with E-state index in [1.54, 1.807) is 12.1 Å². The van der Waals surface area contributed by atoms with Crippen LogP contribution in [-0.4, -0.2) is 39.3 Å². The first kappa shape index (κ1) is 17.0. The zero-order chi connectivity index (χ0) is 18.3. The second kappa shape index (κ2) is 6.25. The Kier molecular flexibility index (Phi) is 4.25. The van der Waals surface area contributed by atoms with Gasteiger partial charge in [0.2, 0.25) is 0 Å². The van der Waals surface area contributed by atoms with E-state index in [2.05, 4.69) is 15.9 Å². The zero-order valence-corrected chi connectivity index (χ0v) is 14.3. The van der Waals surface area contributed by atoms with Crippen LogP contribution in [0.3, 0.4) is 0 Å². The molecule has 2 aromatic rings. The van der Waals surface area contributed by atoms with Crippen molar-refractivity contribution in [2.24, 2.45) is 0 Å². The van der Waals surface area contributed by atoms with Crippen molar-refractivity contribution in [2.75, 3.05) is 6.54 Å². The lowest BCUT2D eigenvalue weighted by molar-refractivity contribution is -0.384. The number of carboxylic acid groups (broad SMARTS) is 1. The maximum absolute atomic E-state index is 12.7. The number of amides is 2. The smallest absolute Gasteiger partial charge is 0.303 e. The van der Waals surface area contributed by atoms with E-state index in [-0.39, 0.29) is 36.2 Å². The lowest BCUT2D eigenvalue weighted by Gasteiger charge is -2.27. The minimum Gasteiger partial charge on any atom is -0.481 e. The van der Waals surface area contributed by atoms with Gasteiger partial charge in [0, 0.05) is 40.5 Å². The maximum Gasteiger partial charge on any atom is 0.303 e. The van der Waals surface area contributed by atoms with Gasteiger partial charge in [0.05, 0.1) is 10.5 Å². The molecule has 0 fully saturated rings. The quantitative estimate of drug-likeness (QED) is 0.463. The van der Waals surface area contributed by atoms with Crippen molar-refractivity contribution in [3.8, 4) is 0 Å². The summed E-state index contributed by atoms with van der Waals surface area (Å²) < 4.78 is 0.551. The van der Waals surface area contributed by atoms with Crippen molar-refractivity contribution in [1.29, 1.82) is 0 Å². The van der Waals surface area contributed by atoms with Gasteiger partial charge in [-0.15, -0.1) is 0 Å². The highest BCUT2D eigenvalue weighted by atomic mass is 79.9. The molecule has 0 aliphatic carbocycles. The van der Waals surface area contributed by atoms with E-state index in [1.165, 1.54) is 6.07 Å². The van der Waals surface area contributed by atoms with E-state index in [9.17, 15) is 24.5 Å². The molecular formula is C16H11BrN2O6. The average Bonchev–Trinajstić information content (AvgIpc) is 2.54. The average molecular weight is 407 g/mol. The number of imide groups is 1. The molecule has 128 valence electrons. The minimum absolute atomic E-state index is 0.0693. The van der Waals surface area contributed by atoms with Crippen molar-refractivity contribution >= 4 is 50.2 Å². The fraction of sp³-hybridized carbons (Fsp3) is 0.188. The van der Waals surface area contributed by atoms with Crippen LogP contribution in [-0.2, 0) is 4.79 Å². The number of non-ortho nitro benzene ring substituents is 1. The van der Waals surface area contributed by atoms with Crippen LogP contribution < -0.4 is 0 Å². The summed E-state index contributed by atoms with van der Waals surface area (Å²) in [5.74, 6) is -2.22.